The van der Waals surface area contributed by atoms with Crippen LogP contribution in [0.15, 0.2) is 0 Å². The van der Waals surface area contributed by atoms with Crippen LogP contribution in [-0.4, -0.2) is 29.8 Å². The quantitative estimate of drug-likeness (QED) is 0.571. The highest BCUT2D eigenvalue weighted by atomic mass is 16.3. The lowest BCUT2D eigenvalue weighted by molar-refractivity contribution is 0.123. The van der Waals surface area contributed by atoms with Gasteiger partial charge in [0, 0.05) is 12.1 Å². The molecule has 0 aromatic carbocycles. The maximum atomic E-state index is 8.97. The molecule has 2 aliphatic carbocycles. The van der Waals surface area contributed by atoms with E-state index in [0.717, 1.165) is 25.7 Å². The van der Waals surface area contributed by atoms with Crippen molar-refractivity contribution >= 4 is 0 Å². The minimum absolute atomic E-state index is 0.0604. The van der Waals surface area contributed by atoms with Crippen molar-refractivity contribution in [3.8, 4) is 0 Å². The van der Waals surface area contributed by atoms with Crippen LogP contribution in [0.25, 0.3) is 5.73 Å². The van der Waals surface area contributed by atoms with E-state index in [4.69, 9.17) is 22.3 Å². The Hall–Kier alpha value is -0.160. The molecule has 0 amide bonds. The maximum absolute atomic E-state index is 8.97. The van der Waals surface area contributed by atoms with Crippen molar-refractivity contribution in [2.75, 3.05) is 6.54 Å². The molecule has 0 aromatic rings. The highest BCUT2D eigenvalue weighted by molar-refractivity contribution is 4.75. The first-order valence-electron chi connectivity index (χ1n) is 5.94. The van der Waals surface area contributed by atoms with Crippen LogP contribution < -0.4 is 11.5 Å². The first kappa shape index (κ1) is 14.8. The molecule has 0 saturated heterocycles. The van der Waals surface area contributed by atoms with Gasteiger partial charge in [0.05, 0.1) is 6.10 Å². The standard InChI is InChI=1S/C6H13NO.C3H7N.C2H6N/c7-5-1-3-6(8)4-2-5;4-3-1-2-3;1-2-3/h5-6,8H,1-4,7H2;3H,1-2,4H2;3H,2H2,1H3/q;;-1. The Kier molecular flexibility index (Phi) is 9.00. The van der Waals surface area contributed by atoms with Gasteiger partial charge >= 0.3 is 0 Å². The second-order valence-electron chi connectivity index (χ2n) is 4.26. The number of rotatable bonds is 0. The monoisotopic (exact) mass is 216 g/mol. The van der Waals surface area contributed by atoms with Gasteiger partial charge in [-0.25, -0.2) is 0 Å². The summed E-state index contributed by atoms with van der Waals surface area (Å²) in [5, 5.41) is 8.97. The first-order chi connectivity index (χ1) is 7.10. The molecule has 4 heteroatoms. The maximum Gasteiger partial charge on any atom is 0.0541 e. The molecule has 2 saturated carbocycles. The summed E-state index contributed by atoms with van der Waals surface area (Å²) in [6.45, 7) is 2.29. The third kappa shape index (κ3) is 11.8. The lowest BCUT2D eigenvalue weighted by Crippen LogP contribution is -2.28. The van der Waals surface area contributed by atoms with E-state index in [1.54, 1.807) is 6.92 Å². The van der Waals surface area contributed by atoms with Crippen LogP contribution in [0.2, 0.25) is 0 Å². The first-order valence-corrected chi connectivity index (χ1v) is 5.94. The average molecular weight is 216 g/mol. The van der Waals surface area contributed by atoms with E-state index in [1.165, 1.54) is 12.8 Å². The van der Waals surface area contributed by atoms with Crippen LogP contribution in [0.5, 0.6) is 0 Å². The van der Waals surface area contributed by atoms with Crippen molar-refractivity contribution in [2.24, 2.45) is 11.5 Å². The molecule has 0 aliphatic heterocycles. The van der Waals surface area contributed by atoms with Gasteiger partial charge in [-0.2, -0.15) is 6.54 Å². The summed E-state index contributed by atoms with van der Waals surface area (Å²) in [6.07, 6.45) is 6.28. The molecule has 2 rings (SSSR count). The van der Waals surface area contributed by atoms with Crippen molar-refractivity contribution in [1.29, 1.82) is 0 Å². The van der Waals surface area contributed by atoms with Crippen LogP contribution in [0.3, 0.4) is 0 Å². The Morgan fingerprint density at radius 3 is 1.47 bits per heavy atom. The number of aliphatic hydroxyl groups excluding tert-OH is 1. The smallest absolute Gasteiger partial charge is 0.0541 e. The van der Waals surface area contributed by atoms with E-state index in [9.17, 15) is 0 Å². The lowest BCUT2D eigenvalue weighted by atomic mass is 9.94. The van der Waals surface area contributed by atoms with E-state index in [2.05, 4.69) is 0 Å². The van der Waals surface area contributed by atoms with Crippen molar-refractivity contribution in [1.82, 2.24) is 0 Å². The molecule has 0 atom stereocenters. The average Bonchev–Trinajstić information content (AvgIpc) is 2.96. The number of nitrogens with two attached hydrogens (primary N) is 2. The number of nitrogens with one attached hydrogen (secondary N) is 1. The zero-order chi connectivity index (χ0) is 11.7. The largest absolute Gasteiger partial charge is 0.678 e. The topological polar surface area (TPSA) is 96.1 Å². The summed E-state index contributed by atoms with van der Waals surface area (Å²) in [5.41, 5.74) is 17.0. The molecule has 2 fully saturated rings. The summed E-state index contributed by atoms with van der Waals surface area (Å²) in [4.78, 5) is 0. The summed E-state index contributed by atoms with van der Waals surface area (Å²) in [5.74, 6) is 0. The van der Waals surface area contributed by atoms with Gasteiger partial charge in [0.15, 0.2) is 0 Å². The van der Waals surface area contributed by atoms with Gasteiger partial charge in [-0.05, 0) is 38.5 Å². The second kappa shape index (κ2) is 9.09. The summed E-state index contributed by atoms with van der Waals surface area (Å²) in [6, 6.07) is 0.943. The molecular weight excluding hydrogens is 190 g/mol. The normalized spacial score (nSPS) is 29.4. The van der Waals surface area contributed by atoms with Gasteiger partial charge in [0.1, 0.15) is 0 Å². The van der Waals surface area contributed by atoms with Gasteiger partial charge in [0.2, 0.25) is 0 Å². The number of hydrogen-bond donors (Lipinski definition) is 3. The fourth-order valence-corrected chi connectivity index (χ4v) is 1.20. The summed E-state index contributed by atoms with van der Waals surface area (Å²) < 4.78 is 0. The Bertz CT molecular complexity index is 122. The molecule has 6 N–H and O–H groups in total. The molecule has 15 heavy (non-hydrogen) atoms. The second-order valence-corrected chi connectivity index (χ2v) is 4.26. The highest BCUT2D eigenvalue weighted by Crippen LogP contribution is 2.15. The molecule has 0 spiro atoms. The third-order valence-electron chi connectivity index (χ3n) is 2.36. The Morgan fingerprint density at radius 1 is 1.00 bits per heavy atom. The van der Waals surface area contributed by atoms with Gasteiger partial charge < -0.3 is 22.3 Å². The Morgan fingerprint density at radius 2 is 1.27 bits per heavy atom. The predicted molar refractivity (Wildman–Crippen MR) is 64.5 cm³/mol. The molecule has 0 aromatic heterocycles. The molecule has 2 aliphatic rings. The van der Waals surface area contributed by atoms with Crippen LogP contribution in [-0.2, 0) is 0 Å². The van der Waals surface area contributed by atoms with Crippen LogP contribution >= 0.6 is 0 Å². The zero-order valence-corrected chi connectivity index (χ0v) is 9.78. The molecule has 0 unspecified atom stereocenters. The highest BCUT2D eigenvalue weighted by Gasteiger charge is 2.15. The van der Waals surface area contributed by atoms with E-state index in [-0.39, 0.29) is 6.10 Å². The van der Waals surface area contributed by atoms with Crippen LogP contribution in [0, 0.1) is 0 Å². The molecular formula is C11H26N3O-. The van der Waals surface area contributed by atoms with Gasteiger partial charge in [0.25, 0.3) is 0 Å². The van der Waals surface area contributed by atoms with Crippen molar-refractivity contribution < 1.29 is 5.11 Å². The van der Waals surface area contributed by atoms with Gasteiger partial charge in [-0.15, -0.1) is 0 Å². The summed E-state index contributed by atoms with van der Waals surface area (Å²) in [7, 11) is 0. The fourth-order valence-electron chi connectivity index (χ4n) is 1.20. The van der Waals surface area contributed by atoms with E-state index < -0.39 is 0 Å². The molecule has 0 radical (unpaired) electrons. The molecule has 4 nitrogen and oxygen atoms in total. The fraction of sp³-hybridized carbons (Fsp3) is 1.00. The van der Waals surface area contributed by atoms with E-state index >= 15 is 0 Å². The lowest BCUT2D eigenvalue weighted by Gasteiger charge is -2.21. The van der Waals surface area contributed by atoms with E-state index in [0.29, 0.717) is 18.6 Å². The SMILES string of the molecule is CC[NH-].NC1CC1.NC1CCC(O)CC1. The van der Waals surface area contributed by atoms with Crippen molar-refractivity contribution in [2.45, 2.75) is 63.6 Å². The predicted octanol–water partition coefficient (Wildman–Crippen LogP) is 1.41. The number of hydrogen-bond acceptors (Lipinski definition) is 3. The molecule has 92 valence electrons. The summed E-state index contributed by atoms with van der Waals surface area (Å²) >= 11 is 0. The van der Waals surface area contributed by atoms with Crippen molar-refractivity contribution in [3.05, 3.63) is 5.73 Å². The van der Waals surface area contributed by atoms with E-state index in [1.807, 2.05) is 0 Å². The zero-order valence-electron chi connectivity index (χ0n) is 9.78. The Balaban J connectivity index is 0.000000234. The Labute approximate surface area is 93.2 Å². The van der Waals surface area contributed by atoms with Gasteiger partial charge in [-0.3, -0.25) is 0 Å². The van der Waals surface area contributed by atoms with Gasteiger partial charge in [-0.1, -0.05) is 6.92 Å². The van der Waals surface area contributed by atoms with Crippen LogP contribution in [0.4, 0.5) is 0 Å². The third-order valence-corrected chi connectivity index (χ3v) is 2.36. The number of aliphatic hydroxyl groups is 1. The molecule has 0 bridgehead atoms. The molecule has 0 heterocycles. The minimum atomic E-state index is -0.0604. The van der Waals surface area contributed by atoms with Crippen molar-refractivity contribution in [3.63, 3.8) is 0 Å². The minimum Gasteiger partial charge on any atom is -0.678 e. The van der Waals surface area contributed by atoms with Crippen LogP contribution in [0.1, 0.15) is 45.4 Å².